The third kappa shape index (κ3) is 3.37. The Bertz CT molecular complexity index is 358. The molecule has 0 radical (unpaired) electrons. The van der Waals surface area contributed by atoms with Crippen molar-refractivity contribution in [3.8, 4) is 0 Å². The fraction of sp³-hybridized carbons (Fsp3) is 0.545. The highest BCUT2D eigenvalue weighted by Crippen LogP contribution is 2.21. The number of thioether (sulfide) groups is 1. The van der Waals surface area contributed by atoms with E-state index in [2.05, 4.69) is 4.98 Å². The first kappa shape index (κ1) is 13.3. The second-order valence-electron chi connectivity index (χ2n) is 3.78. The van der Waals surface area contributed by atoms with Gasteiger partial charge in [-0.25, -0.2) is 0 Å². The molecule has 0 fully saturated rings. The van der Waals surface area contributed by atoms with Gasteiger partial charge in [-0.1, -0.05) is 0 Å². The van der Waals surface area contributed by atoms with E-state index in [1.165, 1.54) is 11.8 Å². The molecule has 0 aromatic carbocycles. The largest absolute Gasteiger partial charge is 0.398 e. The van der Waals surface area contributed by atoms with E-state index >= 15 is 0 Å². The monoisotopic (exact) mass is 242 g/mol. The minimum absolute atomic E-state index is 0.199. The molecule has 1 heterocycles. The molecule has 1 rings (SSSR count). The van der Waals surface area contributed by atoms with Crippen LogP contribution in [0.15, 0.2) is 6.20 Å². The van der Waals surface area contributed by atoms with Crippen LogP contribution in [0.2, 0.25) is 0 Å². The van der Waals surface area contributed by atoms with Crippen LogP contribution in [0.5, 0.6) is 0 Å². The lowest BCUT2D eigenvalue weighted by Gasteiger charge is -2.10. The van der Waals surface area contributed by atoms with Crippen LogP contribution in [0.4, 0.5) is 5.69 Å². The zero-order chi connectivity index (χ0) is 12.1. The Morgan fingerprint density at radius 2 is 2.19 bits per heavy atom. The lowest BCUT2D eigenvalue weighted by molar-refractivity contribution is 0.113. The van der Waals surface area contributed by atoms with Gasteiger partial charge >= 0.3 is 0 Å². The molecule has 4 N–H and O–H groups in total. The quantitative estimate of drug-likeness (QED) is 0.714. The summed E-state index contributed by atoms with van der Waals surface area (Å²) in [7, 11) is 0. The minimum atomic E-state index is -0.659. The molecule has 0 aliphatic carbocycles. The van der Waals surface area contributed by atoms with E-state index in [9.17, 15) is 5.11 Å². The molecule has 1 aromatic rings. The van der Waals surface area contributed by atoms with Gasteiger partial charge in [-0.3, -0.25) is 4.98 Å². The molecule has 1 atom stereocenters. The van der Waals surface area contributed by atoms with E-state index in [0.717, 1.165) is 22.5 Å². The van der Waals surface area contributed by atoms with Gasteiger partial charge in [0.15, 0.2) is 0 Å². The Hall–Kier alpha value is -0.780. The maximum Gasteiger partial charge on any atom is 0.0861 e. The number of nitrogens with zero attached hydrogens (tertiary/aromatic N) is 1. The molecule has 0 amide bonds. The number of nitrogen functional groups attached to an aromatic ring is 1. The third-order valence-electron chi connectivity index (χ3n) is 2.44. The summed E-state index contributed by atoms with van der Waals surface area (Å²) in [6.07, 6.45) is 1.11. The van der Waals surface area contributed by atoms with Crippen LogP contribution in [0, 0.1) is 13.8 Å². The van der Waals surface area contributed by atoms with Crippen LogP contribution in [0.1, 0.15) is 16.8 Å². The zero-order valence-corrected chi connectivity index (χ0v) is 10.4. The van der Waals surface area contributed by atoms with Crippen molar-refractivity contribution in [2.24, 2.45) is 0 Å². The predicted molar refractivity (Wildman–Crippen MR) is 67.4 cm³/mol. The molecule has 5 heteroatoms. The SMILES string of the molecule is Cc1cnc(CSCC(O)CO)c(C)c1N. The fourth-order valence-electron chi connectivity index (χ4n) is 1.28. The minimum Gasteiger partial charge on any atom is -0.398 e. The highest BCUT2D eigenvalue weighted by molar-refractivity contribution is 7.98. The van der Waals surface area contributed by atoms with E-state index in [1.54, 1.807) is 6.20 Å². The topological polar surface area (TPSA) is 79.4 Å². The summed E-state index contributed by atoms with van der Waals surface area (Å²) in [6, 6.07) is 0. The number of hydrogen-bond donors (Lipinski definition) is 3. The fourth-order valence-corrected chi connectivity index (χ4v) is 2.26. The zero-order valence-electron chi connectivity index (χ0n) is 9.60. The number of rotatable bonds is 5. The number of nitrogens with two attached hydrogens (primary N) is 1. The van der Waals surface area contributed by atoms with Crippen molar-refractivity contribution in [1.29, 1.82) is 0 Å². The Balaban J connectivity index is 2.58. The molecule has 4 nitrogen and oxygen atoms in total. The number of pyridine rings is 1. The first-order valence-electron chi connectivity index (χ1n) is 5.13. The smallest absolute Gasteiger partial charge is 0.0861 e. The van der Waals surface area contributed by atoms with Gasteiger partial charge in [0, 0.05) is 23.4 Å². The van der Waals surface area contributed by atoms with Crippen molar-refractivity contribution in [3.05, 3.63) is 23.0 Å². The molecule has 16 heavy (non-hydrogen) atoms. The number of aliphatic hydroxyl groups is 2. The summed E-state index contributed by atoms with van der Waals surface area (Å²) in [6.45, 7) is 3.69. The molecule has 90 valence electrons. The van der Waals surface area contributed by atoms with E-state index in [0.29, 0.717) is 11.5 Å². The van der Waals surface area contributed by atoms with Crippen molar-refractivity contribution < 1.29 is 10.2 Å². The normalized spacial score (nSPS) is 12.8. The summed E-state index contributed by atoms with van der Waals surface area (Å²) in [5.41, 5.74) is 9.62. The standard InChI is InChI=1S/C11H18N2O2S/c1-7-3-13-10(8(2)11(7)12)6-16-5-9(15)4-14/h3,9,14-15H,4-6H2,1-2H3,(H2,12,13). The number of anilines is 1. The lowest BCUT2D eigenvalue weighted by Crippen LogP contribution is -2.15. The highest BCUT2D eigenvalue weighted by Gasteiger charge is 2.07. The van der Waals surface area contributed by atoms with E-state index in [1.807, 2.05) is 13.8 Å². The maximum atomic E-state index is 9.19. The van der Waals surface area contributed by atoms with Crippen molar-refractivity contribution in [2.45, 2.75) is 25.7 Å². The van der Waals surface area contributed by atoms with Gasteiger partial charge in [-0.15, -0.1) is 0 Å². The van der Waals surface area contributed by atoms with Crippen LogP contribution >= 0.6 is 11.8 Å². The summed E-state index contributed by atoms with van der Waals surface area (Å²) >= 11 is 1.54. The third-order valence-corrected chi connectivity index (χ3v) is 3.53. The van der Waals surface area contributed by atoms with Crippen LogP contribution in [0.25, 0.3) is 0 Å². The molecule has 0 aliphatic rings. The van der Waals surface area contributed by atoms with Crippen molar-refractivity contribution in [3.63, 3.8) is 0 Å². The first-order chi connectivity index (χ1) is 7.56. The molecule has 1 unspecified atom stereocenters. The van der Waals surface area contributed by atoms with Crippen LogP contribution in [-0.4, -0.2) is 33.7 Å². The number of aromatic nitrogens is 1. The molecule has 1 aromatic heterocycles. The van der Waals surface area contributed by atoms with E-state index < -0.39 is 6.10 Å². The molecule has 0 saturated heterocycles. The number of aliphatic hydroxyl groups excluding tert-OH is 2. The second kappa shape index (κ2) is 6.08. The Morgan fingerprint density at radius 1 is 1.50 bits per heavy atom. The maximum absolute atomic E-state index is 9.19. The molecule has 0 bridgehead atoms. The number of hydrogen-bond acceptors (Lipinski definition) is 5. The molecule has 0 spiro atoms. The summed E-state index contributed by atoms with van der Waals surface area (Å²) in [5, 5.41) is 17.9. The Kier molecular flexibility index (Phi) is 5.05. The van der Waals surface area contributed by atoms with Gasteiger partial charge in [-0.2, -0.15) is 11.8 Å². The molecule has 0 aliphatic heterocycles. The van der Waals surface area contributed by atoms with Gasteiger partial charge in [-0.05, 0) is 25.0 Å². The van der Waals surface area contributed by atoms with Gasteiger partial charge in [0.2, 0.25) is 0 Å². The Morgan fingerprint density at radius 3 is 2.81 bits per heavy atom. The van der Waals surface area contributed by atoms with Crippen molar-refractivity contribution >= 4 is 17.4 Å². The van der Waals surface area contributed by atoms with Gasteiger partial charge < -0.3 is 15.9 Å². The molecular weight excluding hydrogens is 224 g/mol. The second-order valence-corrected chi connectivity index (χ2v) is 4.81. The van der Waals surface area contributed by atoms with Gasteiger partial charge in [0.05, 0.1) is 18.4 Å². The highest BCUT2D eigenvalue weighted by atomic mass is 32.2. The van der Waals surface area contributed by atoms with Crippen LogP contribution in [-0.2, 0) is 5.75 Å². The lowest BCUT2D eigenvalue weighted by atomic mass is 10.1. The van der Waals surface area contributed by atoms with Crippen LogP contribution in [0.3, 0.4) is 0 Å². The van der Waals surface area contributed by atoms with E-state index in [4.69, 9.17) is 10.8 Å². The summed E-state index contributed by atoms with van der Waals surface area (Å²) in [4.78, 5) is 4.32. The summed E-state index contributed by atoms with van der Waals surface area (Å²) in [5.74, 6) is 1.21. The number of aryl methyl sites for hydroxylation is 1. The molecular formula is C11H18N2O2S. The predicted octanol–water partition coefficient (Wildman–Crippen LogP) is 0.867. The van der Waals surface area contributed by atoms with E-state index in [-0.39, 0.29) is 6.61 Å². The van der Waals surface area contributed by atoms with Crippen molar-refractivity contribution in [1.82, 2.24) is 4.98 Å². The average Bonchev–Trinajstić information content (AvgIpc) is 2.29. The average molecular weight is 242 g/mol. The Labute approximate surface area is 99.9 Å². The molecule has 0 saturated carbocycles. The van der Waals surface area contributed by atoms with Gasteiger partial charge in [0.1, 0.15) is 0 Å². The van der Waals surface area contributed by atoms with Gasteiger partial charge in [0.25, 0.3) is 0 Å². The van der Waals surface area contributed by atoms with Crippen molar-refractivity contribution in [2.75, 3.05) is 18.1 Å². The van der Waals surface area contributed by atoms with Crippen LogP contribution < -0.4 is 5.73 Å². The summed E-state index contributed by atoms with van der Waals surface area (Å²) < 4.78 is 0. The first-order valence-corrected chi connectivity index (χ1v) is 6.29.